The standard InChI is InChI=1S/C13H16N4O2.C2HF3O2/c1-9-7-17-5-2-3-10(12(17)15-9)16-13(18)11-8-19-6-4-14-11;3-2(4,5)1(6)7/h2-3,5,7,11,14H,4,6,8H2,1H3,(H,16,18);(H,6,7). The largest absolute Gasteiger partial charge is 0.490 e. The van der Waals surface area contributed by atoms with Crippen LogP contribution in [-0.2, 0) is 14.3 Å². The van der Waals surface area contributed by atoms with Crippen molar-refractivity contribution in [3.63, 3.8) is 0 Å². The summed E-state index contributed by atoms with van der Waals surface area (Å²) in [6.07, 6.45) is -1.25. The Hall–Kier alpha value is -2.66. The van der Waals surface area contributed by atoms with Crippen LogP contribution in [0.15, 0.2) is 24.5 Å². The maximum absolute atomic E-state index is 12.1. The first-order valence-corrected chi connectivity index (χ1v) is 7.55. The normalized spacial score (nSPS) is 17.3. The molecular formula is C15H17F3N4O4. The van der Waals surface area contributed by atoms with Crippen molar-refractivity contribution >= 4 is 23.2 Å². The molecule has 142 valence electrons. The zero-order valence-electron chi connectivity index (χ0n) is 13.7. The lowest BCUT2D eigenvalue weighted by molar-refractivity contribution is -0.192. The molecule has 1 amide bonds. The molecule has 0 saturated carbocycles. The fraction of sp³-hybridized carbons (Fsp3) is 0.400. The van der Waals surface area contributed by atoms with Gasteiger partial charge in [0.25, 0.3) is 0 Å². The molecule has 3 N–H and O–H groups in total. The first kappa shape index (κ1) is 19.7. The third-order valence-corrected chi connectivity index (χ3v) is 3.34. The highest BCUT2D eigenvalue weighted by atomic mass is 19.4. The Labute approximate surface area is 146 Å². The number of halogens is 3. The quantitative estimate of drug-likeness (QED) is 0.730. The van der Waals surface area contributed by atoms with E-state index in [1.807, 2.05) is 35.9 Å². The number of amides is 1. The van der Waals surface area contributed by atoms with Crippen molar-refractivity contribution in [1.82, 2.24) is 14.7 Å². The number of aliphatic carboxylic acids is 1. The van der Waals surface area contributed by atoms with Crippen molar-refractivity contribution in [3.05, 3.63) is 30.2 Å². The van der Waals surface area contributed by atoms with Crippen LogP contribution in [0.2, 0.25) is 0 Å². The first-order valence-electron chi connectivity index (χ1n) is 7.55. The summed E-state index contributed by atoms with van der Waals surface area (Å²) in [6.45, 7) is 3.68. The SMILES string of the molecule is Cc1cn2cccc(NC(=O)C3COCCN3)c2n1.O=C(O)C(F)(F)F. The number of aryl methyl sites for hydroxylation is 1. The monoisotopic (exact) mass is 374 g/mol. The minimum atomic E-state index is -5.08. The highest BCUT2D eigenvalue weighted by Crippen LogP contribution is 2.16. The van der Waals surface area contributed by atoms with E-state index in [4.69, 9.17) is 14.6 Å². The molecule has 1 unspecified atom stereocenters. The van der Waals surface area contributed by atoms with Crippen LogP contribution >= 0.6 is 0 Å². The molecule has 0 aromatic carbocycles. The number of anilines is 1. The number of imidazole rings is 1. The molecule has 1 fully saturated rings. The molecule has 0 radical (unpaired) electrons. The molecule has 0 spiro atoms. The number of hydrogen-bond acceptors (Lipinski definition) is 5. The molecule has 2 aromatic rings. The number of carboxylic acid groups (broad SMARTS) is 1. The van der Waals surface area contributed by atoms with Gasteiger partial charge in [-0.05, 0) is 19.1 Å². The van der Waals surface area contributed by atoms with Crippen molar-refractivity contribution in [2.45, 2.75) is 19.1 Å². The number of carboxylic acids is 1. The Morgan fingerprint density at radius 2 is 2.15 bits per heavy atom. The summed E-state index contributed by atoms with van der Waals surface area (Å²) in [5, 5.41) is 13.2. The zero-order chi connectivity index (χ0) is 19.3. The molecule has 1 aliphatic heterocycles. The lowest BCUT2D eigenvalue weighted by Gasteiger charge is -2.22. The molecule has 0 bridgehead atoms. The summed E-state index contributed by atoms with van der Waals surface area (Å²) < 4.78 is 38.9. The first-order chi connectivity index (χ1) is 12.2. The number of carbonyl (C=O) groups is 2. The van der Waals surface area contributed by atoms with Gasteiger partial charge in [0, 0.05) is 18.9 Å². The van der Waals surface area contributed by atoms with Crippen molar-refractivity contribution in [1.29, 1.82) is 0 Å². The molecule has 26 heavy (non-hydrogen) atoms. The van der Waals surface area contributed by atoms with Crippen molar-refractivity contribution < 1.29 is 32.6 Å². The summed E-state index contributed by atoms with van der Waals surface area (Å²) in [4.78, 5) is 25.4. The van der Waals surface area contributed by atoms with Crippen LogP contribution in [0.5, 0.6) is 0 Å². The van der Waals surface area contributed by atoms with Gasteiger partial charge in [0.05, 0.1) is 24.6 Å². The Morgan fingerprint density at radius 3 is 2.73 bits per heavy atom. The minimum Gasteiger partial charge on any atom is -0.475 e. The summed E-state index contributed by atoms with van der Waals surface area (Å²) >= 11 is 0. The second-order valence-electron chi connectivity index (χ2n) is 5.41. The van der Waals surface area contributed by atoms with Gasteiger partial charge in [-0.3, -0.25) is 4.79 Å². The topological polar surface area (TPSA) is 105 Å². The van der Waals surface area contributed by atoms with E-state index in [-0.39, 0.29) is 11.9 Å². The van der Waals surface area contributed by atoms with Crippen molar-refractivity contribution in [2.24, 2.45) is 0 Å². The molecule has 1 atom stereocenters. The van der Waals surface area contributed by atoms with Gasteiger partial charge in [0.1, 0.15) is 6.04 Å². The van der Waals surface area contributed by atoms with Gasteiger partial charge >= 0.3 is 12.1 Å². The predicted molar refractivity (Wildman–Crippen MR) is 84.9 cm³/mol. The Balaban J connectivity index is 0.000000298. The van der Waals surface area contributed by atoms with Crippen molar-refractivity contribution in [3.8, 4) is 0 Å². The number of aromatic nitrogens is 2. The van der Waals surface area contributed by atoms with Crippen LogP contribution in [-0.4, -0.2) is 58.3 Å². The van der Waals surface area contributed by atoms with E-state index in [1.165, 1.54) is 0 Å². The second-order valence-corrected chi connectivity index (χ2v) is 5.41. The average Bonchev–Trinajstić information content (AvgIpc) is 2.96. The van der Waals surface area contributed by atoms with Gasteiger partial charge in [-0.1, -0.05) is 0 Å². The van der Waals surface area contributed by atoms with Crippen LogP contribution in [0.25, 0.3) is 5.65 Å². The van der Waals surface area contributed by atoms with Gasteiger partial charge < -0.3 is 24.9 Å². The van der Waals surface area contributed by atoms with E-state index < -0.39 is 12.1 Å². The summed E-state index contributed by atoms with van der Waals surface area (Å²) in [7, 11) is 0. The fourth-order valence-corrected chi connectivity index (χ4v) is 2.19. The third-order valence-electron chi connectivity index (χ3n) is 3.34. The van der Waals surface area contributed by atoms with Crippen LogP contribution in [0, 0.1) is 6.92 Å². The molecule has 8 nitrogen and oxygen atoms in total. The maximum Gasteiger partial charge on any atom is 0.490 e. The summed E-state index contributed by atoms with van der Waals surface area (Å²) in [5.74, 6) is -2.85. The van der Waals surface area contributed by atoms with Gasteiger partial charge in [0.15, 0.2) is 5.65 Å². The van der Waals surface area contributed by atoms with Crippen LogP contribution < -0.4 is 10.6 Å². The van der Waals surface area contributed by atoms with Gasteiger partial charge in [0.2, 0.25) is 5.91 Å². The molecule has 11 heteroatoms. The number of nitrogens with one attached hydrogen (secondary N) is 2. The Morgan fingerprint density at radius 1 is 1.46 bits per heavy atom. The fourth-order valence-electron chi connectivity index (χ4n) is 2.19. The van der Waals surface area contributed by atoms with E-state index >= 15 is 0 Å². The maximum atomic E-state index is 12.1. The Bertz CT molecular complexity index is 785. The number of carbonyl (C=O) groups excluding carboxylic acids is 1. The molecular weight excluding hydrogens is 357 g/mol. The third kappa shape index (κ3) is 5.17. The highest BCUT2D eigenvalue weighted by molar-refractivity contribution is 5.97. The zero-order valence-corrected chi connectivity index (χ0v) is 13.7. The molecule has 1 saturated heterocycles. The average molecular weight is 374 g/mol. The predicted octanol–water partition coefficient (Wildman–Crippen LogP) is 1.20. The smallest absolute Gasteiger partial charge is 0.475 e. The van der Waals surface area contributed by atoms with Crippen molar-refractivity contribution in [2.75, 3.05) is 25.1 Å². The number of fused-ring (bicyclic) bond motifs is 1. The molecule has 3 rings (SSSR count). The van der Waals surface area contributed by atoms with E-state index in [2.05, 4.69) is 15.6 Å². The molecule has 2 aromatic heterocycles. The van der Waals surface area contributed by atoms with E-state index in [0.29, 0.717) is 25.4 Å². The molecule has 1 aliphatic rings. The number of morpholine rings is 1. The van der Waals surface area contributed by atoms with E-state index in [1.54, 1.807) is 0 Å². The number of nitrogens with zero attached hydrogens (tertiary/aromatic N) is 2. The molecule has 0 aliphatic carbocycles. The van der Waals surface area contributed by atoms with E-state index in [0.717, 1.165) is 11.3 Å². The van der Waals surface area contributed by atoms with Crippen LogP contribution in [0.4, 0.5) is 18.9 Å². The summed E-state index contributed by atoms with van der Waals surface area (Å²) in [6, 6.07) is 3.43. The number of pyridine rings is 1. The van der Waals surface area contributed by atoms with Gasteiger partial charge in [-0.25, -0.2) is 9.78 Å². The lowest BCUT2D eigenvalue weighted by Crippen LogP contribution is -2.48. The van der Waals surface area contributed by atoms with E-state index in [9.17, 15) is 18.0 Å². The number of hydrogen-bond donors (Lipinski definition) is 3. The number of ether oxygens (including phenoxy) is 1. The minimum absolute atomic E-state index is 0.0894. The lowest BCUT2D eigenvalue weighted by atomic mass is 10.2. The molecule has 3 heterocycles. The van der Waals surface area contributed by atoms with Gasteiger partial charge in [-0.2, -0.15) is 13.2 Å². The van der Waals surface area contributed by atoms with Gasteiger partial charge in [-0.15, -0.1) is 0 Å². The second kappa shape index (κ2) is 8.15. The highest BCUT2D eigenvalue weighted by Gasteiger charge is 2.38. The van der Waals surface area contributed by atoms with Crippen LogP contribution in [0.1, 0.15) is 5.69 Å². The number of alkyl halides is 3. The van der Waals surface area contributed by atoms with Crippen LogP contribution in [0.3, 0.4) is 0 Å². The number of rotatable bonds is 2. The summed E-state index contributed by atoms with van der Waals surface area (Å²) in [5.41, 5.74) is 2.39. The Kier molecular flexibility index (Phi) is 6.16.